The number of anilines is 1. The van der Waals surface area contributed by atoms with Crippen LogP contribution in [0.1, 0.15) is 39.5 Å². The van der Waals surface area contributed by atoms with E-state index in [0.29, 0.717) is 13.1 Å². The van der Waals surface area contributed by atoms with Crippen molar-refractivity contribution in [1.29, 1.82) is 0 Å². The summed E-state index contributed by atoms with van der Waals surface area (Å²) in [6.45, 7) is 7.48. The van der Waals surface area contributed by atoms with Crippen LogP contribution in [0.15, 0.2) is 29.3 Å². The normalized spacial score (nSPS) is 14.1. The summed E-state index contributed by atoms with van der Waals surface area (Å²) in [6.07, 6.45) is 4.40. The fourth-order valence-electron chi connectivity index (χ4n) is 2.74. The van der Waals surface area contributed by atoms with E-state index in [0.717, 1.165) is 43.3 Å². The Kier molecular flexibility index (Phi) is 8.09. The van der Waals surface area contributed by atoms with Crippen LogP contribution in [0, 0.1) is 0 Å². The van der Waals surface area contributed by atoms with Crippen molar-refractivity contribution in [1.82, 2.24) is 10.6 Å². The van der Waals surface area contributed by atoms with E-state index in [1.807, 2.05) is 24.3 Å². The molecule has 0 radical (unpaired) electrons. The van der Waals surface area contributed by atoms with Crippen LogP contribution in [0.5, 0.6) is 5.75 Å². The molecular weight excluding hydrogens is 316 g/mol. The summed E-state index contributed by atoms with van der Waals surface area (Å²) in [5.41, 5.74) is 0.854. The van der Waals surface area contributed by atoms with E-state index in [-0.39, 0.29) is 12.5 Å². The van der Waals surface area contributed by atoms with Crippen LogP contribution >= 0.6 is 0 Å². The second-order valence-corrected chi connectivity index (χ2v) is 6.05. The minimum Gasteiger partial charge on any atom is -0.482 e. The summed E-state index contributed by atoms with van der Waals surface area (Å²) in [7, 11) is 0. The minimum absolute atomic E-state index is 0.00674. The number of carbonyl (C=O) groups is 1. The van der Waals surface area contributed by atoms with Crippen molar-refractivity contribution in [2.75, 3.05) is 37.7 Å². The van der Waals surface area contributed by atoms with Crippen molar-refractivity contribution in [3.05, 3.63) is 24.3 Å². The molecule has 0 fully saturated rings. The number of benzene rings is 1. The van der Waals surface area contributed by atoms with Crippen molar-refractivity contribution in [2.45, 2.75) is 39.5 Å². The summed E-state index contributed by atoms with van der Waals surface area (Å²) in [5, 5.41) is 6.62. The maximum Gasteiger partial charge on any atom is 0.265 e. The van der Waals surface area contributed by atoms with Crippen molar-refractivity contribution in [3.8, 4) is 5.75 Å². The van der Waals surface area contributed by atoms with E-state index in [4.69, 9.17) is 4.74 Å². The second kappa shape index (κ2) is 10.6. The number of para-hydroxylation sites is 2. The fourth-order valence-corrected chi connectivity index (χ4v) is 2.74. The second-order valence-electron chi connectivity index (χ2n) is 6.05. The lowest BCUT2D eigenvalue weighted by atomic mass is 10.2. The highest BCUT2D eigenvalue weighted by Crippen LogP contribution is 2.31. The number of ether oxygens (including phenoxy) is 1. The van der Waals surface area contributed by atoms with Gasteiger partial charge in [-0.05, 0) is 31.9 Å². The third kappa shape index (κ3) is 5.96. The van der Waals surface area contributed by atoms with Crippen LogP contribution in [0.3, 0.4) is 0 Å². The maximum absolute atomic E-state index is 12.1. The average Bonchev–Trinajstić information content (AvgIpc) is 2.63. The molecule has 0 saturated heterocycles. The summed E-state index contributed by atoms with van der Waals surface area (Å²) in [6, 6.07) is 7.67. The Morgan fingerprint density at radius 3 is 2.84 bits per heavy atom. The smallest absolute Gasteiger partial charge is 0.265 e. The molecule has 25 heavy (non-hydrogen) atoms. The summed E-state index contributed by atoms with van der Waals surface area (Å²) in [4.78, 5) is 18.5. The van der Waals surface area contributed by atoms with E-state index in [1.54, 1.807) is 4.90 Å². The molecule has 1 aliphatic heterocycles. The first-order chi connectivity index (χ1) is 12.3. The van der Waals surface area contributed by atoms with Gasteiger partial charge in [0.2, 0.25) is 0 Å². The van der Waals surface area contributed by atoms with Crippen LogP contribution < -0.4 is 20.3 Å². The van der Waals surface area contributed by atoms with Gasteiger partial charge in [-0.3, -0.25) is 9.79 Å². The number of rotatable bonds is 9. The number of guanidine groups is 1. The molecule has 0 saturated carbocycles. The third-order valence-electron chi connectivity index (χ3n) is 4.04. The van der Waals surface area contributed by atoms with Gasteiger partial charge < -0.3 is 20.3 Å². The minimum atomic E-state index is 0.00674. The SMILES string of the molecule is CCCCCNC(=NCCCN1C(=O)COc2ccccc21)NCC. The van der Waals surface area contributed by atoms with Crippen LogP contribution in [0.4, 0.5) is 5.69 Å². The zero-order valence-electron chi connectivity index (χ0n) is 15.4. The number of unbranched alkanes of at least 4 members (excludes halogenated alkanes) is 2. The van der Waals surface area contributed by atoms with Crippen molar-refractivity contribution in [3.63, 3.8) is 0 Å². The highest BCUT2D eigenvalue weighted by atomic mass is 16.5. The first kappa shape index (κ1) is 19.1. The first-order valence-electron chi connectivity index (χ1n) is 9.30. The molecule has 1 amide bonds. The Morgan fingerprint density at radius 1 is 1.20 bits per heavy atom. The number of fused-ring (bicyclic) bond motifs is 1. The number of nitrogens with one attached hydrogen (secondary N) is 2. The standard InChI is InChI=1S/C19H30N4O2/c1-3-5-8-12-21-19(20-4-2)22-13-9-14-23-16-10-6-7-11-17(16)25-15-18(23)24/h6-7,10-11H,3-5,8-9,12-15H2,1-2H3,(H2,20,21,22). The molecular formula is C19H30N4O2. The van der Waals surface area contributed by atoms with Gasteiger partial charge in [0.25, 0.3) is 5.91 Å². The quantitative estimate of drug-likeness (QED) is 0.410. The average molecular weight is 346 g/mol. The summed E-state index contributed by atoms with van der Waals surface area (Å²) in [5.74, 6) is 1.64. The van der Waals surface area contributed by atoms with Gasteiger partial charge in [-0.2, -0.15) is 0 Å². The maximum atomic E-state index is 12.1. The van der Waals surface area contributed by atoms with Gasteiger partial charge in [-0.1, -0.05) is 31.9 Å². The lowest BCUT2D eigenvalue weighted by Gasteiger charge is -2.29. The zero-order chi connectivity index (χ0) is 17.9. The zero-order valence-corrected chi connectivity index (χ0v) is 15.4. The lowest BCUT2D eigenvalue weighted by molar-refractivity contribution is -0.121. The predicted molar refractivity (Wildman–Crippen MR) is 102 cm³/mol. The third-order valence-corrected chi connectivity index (χ3v) is 4.04. The number of amides is 1. The largest absolute Gasteiger partial charge is 0.482 e. The molecule has 1 aromatic carbocycles. The lowest BCUT2D eigenvalue weighted by Crippen LogP contribution is -2.40. The molecule has 0 spiro atoms. The number of aliphatic imine (C=N–C) groups is 1. The van der Waals surface area contributed by atoms with Crippen LogP contribution in [-0.2, 0) is 4.79 Å². The molecule has 2 N–H and O–H groups in total. The van der Waals surface area contributed by atoms with Gasteiger partial charge in [0.05, 0.1) is 5.69 Å². The molecule has 0 bridgehead atoms. The Labute approximate surface area is 150 Å². The summed E-state index contributed by atoms with van der Waals surface area (Å²) >= 11 is 0. The van der Waals surface area contributed by atoms with E-state index in [9.17, 15) is 4.79 Å². The number of carbonyl (C=O) groups excluding carboxylic acids is 1. The van der Waals surface area contributed by atoms with Gasteiger partial charge >= 0.3 is 0 Å². The van der Waals surface area contributed by atoms with Crippen molar-refractivity contribution >= 4 is 17.6 Å². The Bertz CT molecular complexity index is 574. The van der Waals surface area contributed by atoms with Gasteiger partial charge in [-0.15, -0.1) is 0 Å². The molecule has 0 atom stereocenters. The van der Waals surface area contributed by atoms with E-state index < -0.39 is 0 Å². The van der Waals surface area contributed by atoms with E-state index in [1.165, 1.54) is 12.8 Å². The number of hydrogen-bond acceptors (Lipinski definition) is 3. The van der Waals surface area contributed by atoms with Gasteiger partial charge in [0.1, 0.15) is 5.75 Å². The molecule has 0 aromatic heterocycles. The highest BCUT2D eigenvalue weighted by Gasteiger charge is 2.24. The molecule has 0 unspecified atom stereocenters. The molecule has 6 heteroatoms. The summed E-state index contributed by atoms with van der Waals surface area (Å²) < 4.78 is 5.47. The molecule has 0 aliphatic carbocycles. The molecule has 6 nitrogen and oxygen atoms in total. The monoisotopic (exact) mass is 346 g/mol. The van der Waals surface area contributed by atoms with Crippen LogP contribution in [0.25, 0.3) is 0 Å². The molecule has 1 heterocycles. The Morgan fingerprint density at radius 2 is 2.04 bits per heavy atom. The number of nitrogens with zero attached hydrogens (tertiary/aromatic N) is 2. The molecule has 2 rings (SSSR count). The number of hydrogen-bond donors (Lipinski definition) is 2. The highest BCUT2D eigenvalue weighted by molar-refractivity contribution is 5.97. The first-order valence-corrected chi connectivity index (χ1v) is 9.30. The molecule has 1 aromatic rings. The van der Waals surface area contributed by atoms with E-state index in [2.05, 4.69) is 29.5 Å². The van der Waals surface area contributed by atoms with Crippen molar-refractivity contribution < 1.29 is 9.53 Å². The van der Waals surface area contributed by atoms with E-state index >= 15 is 0 Å². The topological polar surface area (TPSA) is 66.0 Å². The Hall–Kier alpha value is -2.24. The van der Waals surface area contributed by atoms with Gasteiger partial charge in [0.15, 0.2) is 12.6 Å². The van der Waals surface area contributed by atoms with Crippen molar-refractivity contribution in [2.24, 2.45) is 4.99 Å². The van der Waals surface area contributed by atoms with Crippen LogP contribution in [-0.4, -0.2) is 44.7 Å². The molecule has 1 aliphatic rings. The van der Waals surface area contributed by atoms with Crippen LogP contribution in [0.2, 0.25) is 0 Å². The fraction of sp³-hybridized carbons (Fsp3) is 0.579. The molecule has 138 valence electrons. The Balaban J connectivity index is 1.83. The van der Waals surface area contributed by atoms with Gasteiger partial charge in [0, 0.05) is 26.2 Å². The predicted octanol–water partition coefficient (Wildman–Crippen LogP) is 2.55. The van der Waals surface area contributed by atoms with Gasteiger partial charge in [-0.25, -0.2) is 0 Å².